The van der Waals surface area contributed by atoms with Crippen LogP contribution >= 0.6 is 0 Å². The zero-order valence-electron chi connectivity index (χ0n) is 10.7. The third kappa shape index (κ3) is 5.20. The fraction of sp³-hybridized carbons (Fsp3) is 0.467. The Balaban J connectivity index is 2.53. The van der Waals surface area contributed by atoms with Gasteiger partial charge in [-0.1, -0.05) is 38.0 Å². The minimum atomic E-state index is -0.375. The monoisotopic (exact) mass is 250 g/mol. The standard InChI is InChI=1S/C15H19FO2/c1-2-3-4-5-11-18-15-12-13(7-6-10-17)8-9-14(15)16/h8-9,12,17H,2-5,10-11H2,1H3. The van der Waals surface area contributed by atoms with Crippen molar-refractivity contribution in [1.82, 2.24) is 0 Å². The highest BCUT2D eigenvalue weighted by molar-refractivity contribution is 5.40. The number of rotatable bonds is 6. The van der Waals surface area contributed by atoms with Crippen molar-refractivity contribution in [3.63, 3.8) is 0 Å². The smallest absolute Gasteiger partial charge is 0.165 e. The summed E-state index contributed by atoms with van der Waals surface area (Å²) < 4.78 is 18.8. The second-order valence-corrected chi connectivity index (χ2v) is 4.01. The minimum Gasteiger partial charge on any atom is -0.490 e. The van der Waals surface area contributed by atoms with Crippen molar-refractivity contribution in [3.8, 4) is 17.6 Å². The fourth-order valence-corrected chi connectivity index (χ4v) is 1.54. The molecule has 0 aliphatic rings. The van der Waals surface area contributed by atoms with Gasteiger partial charge in [0.2, 0.25) is 0 Å². The van der Waals surface area contributed by atoms with Crippen molar-refractivity contribution >= 4 is 0 Å². The van der Waals surface area contributed by atoms with Gasteiger partial charge < -0.3 is 9.84 Å². The van der Waals surface area contributed by atoms with Crippen LogP contribution in [0.15, 0.2) is 18.2 Å². The minimum absolute atomic E-state index is 0.204. The van der Waals surface area contributed by atoms with Crippen molar-refractivity contribution in [3.05, 3.63) is 29.6 Å². The fourth-order valence-electron chi connectivity index (χ4n) is 1.54. The third-order valence-corrected chi connectivity index (χ3v) is 2.50. The molecule has 0 fully saturated rings. The Kier molecular flexibility index (Phi) is 6.90. The molecule has 1 aromatic carbocycles. The Bertz CT molecular complexity index is 418. The number of hydrogen-bond acceptors (Lipinski definition) is 2. The van der Waals surface area contributed by atoms with Gasteiger partial charge >= 0.3 is 0 Å². The predicted molar refractivity (Wildman–Crippen MR) is 70.0 cm³/mol. The van der Waals surface area contributed by atoms with E-state index in [1.807, 2.05) is 0 Å². The van der Waals surface area contributed by atoms with E-state index in [0.717, 1.165) is 12.8 Å². The van der Waals surface area contributed by atoms with Gasteiger partial charge in [-0.25, -0.2) is 4.39 Å². The lowest BCUT2D eigenvalue weighted by Gasteiger charge is -2.07. The molecule has 1 rings (SSSR count). The lowest BCUT2D eigenvalue weighted by molar-refractivity contribution is 0.290. The maximum absolute atomic E-state index is 13.4. The largest absolute Gasteiger partial charge is 0.490 e. The highest BCUT2D eigenvalue weighted by Crippen LogP contribution is 2.18. The van der Waals surface area contributed by atoms with E-state index < -0.39 is 0 Å². The van der Waals surface area contributed by atoms with Crippen LogP contribution in [0.3, 0.4) is 0 Å². The van der Waals surface area contributed by atoms with Crippen LogP contribution in [0, 0.1) is 17.7 Å². The van der Waals surface area contributed by atoms with E-state index >= 15 is 0 Å². The van der Waals surface area contributed by atoms with Crippen molar-refractivity contribution in [2.24, 2.45) is 0 Å². The van der Waals surface area contributed by atoms with Crippen molar-refractivity contribution in [1.29, 1.82) is 0 Å². The van der Waals surface area contributed by atoms with Crippen LogP contribution < -0.4 is 4.74 Å². The number of halogens is 1. The number of ether oxygens (including phenoxy) is 1. The SMILES string of the molecule is CCCCCCOc1cc(C#CCO)ccc1F. The third-order valence-electron chi connectivity index (χ3n) is 2.50. The maximum Gasteiger partial charge on any atom is 0.165 e. The molecule has 3 heteroatoms. The van der Waals surface area contributed by atoms with E-state index in [9.17, 15) is 4.39 Å². The maximum atomic E-state index is 13.4. The topological polar surface area (TPSA) is 29.5 Å². The summed E-state index contributed by atoms with van der Waals surface area (Å²) >= 11 is 0. The van der Waals surface area contributed by atoms with Crippen LogP contribution in [-0.4, -0.2) is 18.3 Å². The summed E-state index contributed by atoms with van der Waals surface area (Å²) in [5, 5.41) is 8.60. The quantitative estimate of drug-likeness (QED) is 0.621. The lowest BCUT2D eigenvalue weighted by Crippen LogP contribution is -1.99. The highest BCUT2D eigenvalue weighted by Gasteiger charge is 2.03. The normalized spacial score (nSPS) is 9.72. The number of aliphatic hydroxyl groups excluding tert-OH is 1. The van der Waals surface area contributed by atoms with Crippen molar-refractivity contribution in [2.45, 2.75) is 32.6 Å². The number of benzene rings is 1. The summed E-state index contributed by atoms with van der Waals surface area (Å²) in [5.74, 6) is 5.11. The molecule has 1 N–H and O–H groups in total. The highest BCUT2D eigenvalue weighted by atomic mass is 19.1. The van der Waals surface area contributed by atoms with Gasteiger partial charge in [0.05, 0.1) is 6.61 Å². The average Bonchev–Trinajstić information content (AvgIpc) is 2.39. The van der Waals surface area contributed by atoms with Gasteiger partial charge in [0, 0.05) is 5.56 Å². The van der Waals surface area contributed by atoms with E-state index in [-0.39, 0.29) is 18.2 Å². The Labute approximate surface area is 108 Å². The van der Waals surface area contributed by atoms with Gasteiger partial charge in [-0.15, -0.1) is 0 Å². The van der Waals surface area contributed by atoms with Gasteiger partial charge in [-0.2, -0.15) is 0 Å². The Hall–Kier alpha value is -1.53. The molecule has 0 bridgehead atoms. The predicted octanol–water partition coefficient (Wildman–Crippen LogP) is 3.13. The van der Waals surface area contributed by atoms with Crippen LogP contribution in [0.25, 0.3) is 0 Å². The molecule has 1 aromatic rings. The number of hydrogen-bond donors (Lipinski definition) is 1. The molecule has 0 spiro atoms. The number of aliphatic hydroxyl groups is 1. The molecular formula is C15H19FO2. The van der Waals surface area contributed by atoms with Crippen molar-refractivity contribution < 1.29 is 14.2 Å². The van der Waals surface area contributed by atoms with Gasteiger partial charge in [0.15, 0.2) is 11.6 Å². The summed E-state index contributed by atoms with van der Waals surface area (Å²) in [6.45, 7) is 2.46. The van der Waals surface area contributed by atoms with E-state index in [4.69, 9.17) is 9.84 Å². The molecule has 0 aliphatic carbocycles. The molecule has 0 amide bonds. The van der Waals surface area contributed by atoms with Crippen LogP contribution in [0.1, 0.15) is 38.2 Å². The molecule has 98 valence electrons. The van der Waals surface area contributed by atoms with Crippen LogP contribution in [-0.2, 0) is 0 Å². The number of unbranched alkanes of at least 4 members (excludes halogenated alkanes) is 3. The second-order valence-electron chi connectivity index (χ2n) is 4.01. The molecule has 0 aromatic heterocycles. The van der Waals surface area contributed by atoms with E-state index in [2.05, 4.69) is 18.8 Å². The molecule has 0 radical (unpaired) electrons. The van der Waals surface area contributed by atoms with Crippen LogP contribution in [0.4, 0.5) is 4.39 Å². The molecule has 0 heterocycles. The Morgan fingerprint density at radius 2 is 2.11 bits per heavy atom. The first-order chi connectivity index (χ1) is 8.77. The van der Waals surface area contributed by atoms with Crippen LogP contribution in [0.2, 0.25) is 0 Å². The molecule has 18 heavy (non-hydrogen) atoms. The zero-order valence-corrected chi connectivity index (χ0v) is 10.7. The molecule has 0 saturated heterocycles. The van der Waals surface area contributed by atoms with Gasteiger partial charge in [0.25, 0.3) is 0 Å². The summed E-state index contributed by atoms with van der Waals surface area (Å²) in [4.78, 5) is 0. The molecule has 0 aliphatic heterocycles. The van der Waals surface area contributed by atoms with E-state index in [0.29, 0.717) is 12.2 Å². The lowest BCUT2D eigenvalue weighted by atomic mass is 10.2. The summed E-state index contributed by atoms with van der Waals surface area (Å²) in [6, 6.07) is 4.47. The molecule has 0 unspecified atom stereocenters. The van der Waals surface area contributed by atoms with Gasteiger partial charge in [-0.05, 0) is 24.6 Å². The van der Waals surface area contributed by atoms with E-state index in [1.165, 1.54) is 18.9 Å². The summed E-state index contributed by atoms with van der Waals surface area (Å²) in [5.41, 5.74) is 0.647. The first kappa shape index (κ1) is 14.5. The average molecular weight is 250 g/mol. The molecule has 0 atom stereocenters. The summed E-state index contributed by atoms with van der Waals surface area (Å²) in [6.07, 6.45) is 4.37. The van der Waals surface area contributed by atoms with Gasteiger partial charge in [0.1, 0.15) is 6.61 Å². The Morgan fingerprint density at radius 3 is 2.83 bits per heavy atom. The second kappa shape index (κ2) is 8.54. The summed E-state index contributed by atoms with van der Waals surface area (Å²) in [7, 11) is 0. The van der Waals surface area contributed by atoms with E-state index in [1.54, 1.807) is 12.1 Å². The molecule has 2 nitrogen and oxygen atoms in total. The zero-order chi connectivity index (χ0) is 13.2. The first-order valence-corrected chi connectivity index (χ1v) is 6.30. The van der Waals surface area contributed by atoms with Gasteiger partial charge in [-0.3, -0.25) is 0 Å². The van der Waals surface area contributed by atoms with Crippen molar-refractivity contribution in [2.75, 3.05) is 13.2 Å². The molecular weight excluding hydrogens is 231 g/mol. The first-order valence-electron chi connectivity index (χ1n) is 6.30. The Morgan fingerprint density at radius 1 is 1.28 bits per heavy atom. The molecule has 0 saturated carbocycles. The van der Waals surface area contributed by atoms with Crippen LogP contribution in [0.5, 0.6) is 5.75 Å².